The van der Waals surface area contributed by atoms with Crippen molar-refractivity contribution in [2.75, 3.05) is 19.8 Å². The van der Waals surface area contributed by atoms with Crippen LogP contribution in [-0.2, 0) is 17.8 Å². The third-order valence-corrected chi connectivity index (χ3v) is 5.61. The van der Waals surface area contributed by atoms with E-state index in [2.05, 4.69) is 28.3 Å². The number of benzene rings is 1. The largest absolute Gasteiger partial charge is 0.382 e. The average molecular weight is 439 g/mol. The van der Waals surface area contributed by atoms with E-state index in [9.17, 15) is 4.79 Å². The van der Waals surface area contributed by atoms with E-state index in [1.54, 1.807) is 6.20 Å². The van der Waals surface area contributed by atoms with E-state index in [0.717, 1.165) is 40.6 Å². The fourth-order valence-corrected chi connectivity index (χ4v) is 3.71. The van der Waals surface area contributed by atoms with Gasteiger partial charge in [-0.15, -0.1) is 0 Å². The molecule has 0 atom stereocenters. The number of thiocarbonyl (C=S) groups is 1. The number of pyridine rings is 2. The minimum Gasteiger partial charge on any atom is -0.382 e. The van der Waals surface area contributed by atoms with Crippen LogP contribution in [0.25, 0.3) is 10.9 Å². The van der Waals surface area contributed by atoms with E-state index in [4.69, 9.17) is 17.0 Å². The summed E-state index contributed by atoms with van der Waals surface area (Å²) < 4.78 is 5.39. The Hall–Kier alpha value is -2.77. The number of ether oxygens (including phenoxy) is 1. The van der Waals surface area contributed by atoms with Crippen molar-refractivity contribution in [3.63, 3.8) is 0 Å². The van der Waals surface area contributed by atoms with Gasteiger partial charge in [-0.05, 0) is 68.2 Å². The zero-order valence-corrected chi connectivity index (χ0v) is 19.2. The second kappa shape index (κ2) is 11.0. The topological polar surface area (TPSA) is 70.2 Å². The fraction of sp³-hybridized carbons (Fsp3) is 0.375. The summed E-state index contributed by atoms with van der Waals surface area (Å²) in [6.45, 7) is 9.14. The maximum atomic E-state index is 12.9. The van der Waals surface area contributed by atoms with E-state index in [-0.39, 0.29) is 5.56 Å². The van der Waals surface area contributed by atoms with Crippen molar-refractivity contribution in [1.82, 2.24) is 20.2 Å². The predicted molar refractivity (Wildman–Crippen MR) is 129 cm³/mol. The number of aromatic nitrogens is 2. The summed E-state index contributed by atoms with van der Waals surface area (Å²) in [5.74, 6) is 0. The normalized spacial score (nSPS) is 10.9. The summed E-state index contributed by atoms with van der Waals surface area (Å²) in [5.41, 5.74) is 4.71. The molecule has 0 saturated heterocycles. The molecular weight excluding hydrogens is 408 g/mol. The first-order valence-corrected chi connectivity index (χ1v) is 11.0. The van der Waals surface area contributed by atoms with Gasteiger partial charge in [-0.2, -0.15) is 0 Å². The Morgan fingerprint density at radius 1 is 1.23 bits per heavy atom. The number of hydrogen-bond donors (Lipinski definition) is 2. The van der Waals surface area contributed by atoms with Crippen LogP contribution in [0.5, 0.6) is 0 Å². The van der Waals surface area contributed by atoms with Crippen LogP contribution in [-0.4, -0.2) is 39.7 Å². The third-order valence-electron chi connectivity index (χ3n) is 5.21. The van der Waals surface area contributed by atoms with E-state index in [1.165, 1.54) is 0 Å². The molecule has 0 radical (unpaired) electrons. The van der Waals surface area contributed by atoms with Gasteiger partial charge in [-0.1, -0.05) is 18.2 Å². The minimum absolute atomic E-state index is 0.0865. The Morgan fingerprint density at radius 3 is 2.77 bits per heavy atom. The quantitative estimate of drug-likeness (QED) is 0.391. The smallest absolute Gasteiger partial charge is 0.253 e. The molecule has 7 heteroatoms. The molecule has 0 amide bonds. The Balaban J connectivity index is 1.83. The molecule has 0 bridgehead atoms. The van der Waals surface area contributed by atoms with Gasteiger partial charge in [0.15, 0.2) is 5.11 Å². The minimum atomic E-state index is -0.0865. The lowest BCUT2D eigenvalue weighted by molar-refractivity contribution is 0.145. The summed E-state index contributed by atoms with van der Waals surface area (Å²) in [6, 6.07) is 10.0. The van der Waals surface area contributed by atoms with Crippen molar-refractivity contribution < 1.29 is 4.74 Å². The zero-order chi connectivity index (χ0) is 22.2. The van der Waals surface area contributed by atoms with Crippen molar-refractivity contribution in [2.24, 2.45) is 0 Å². The van der Waals surface area contributed by atoms with E-state index >= 15 is 0 Å². The predicted octanol–water partition coefficient (Wildman–Crippen LogP) is 3.84. The number of H-pyrrole nitrogens is 1. The first kappa shape index (κ1) is 22.9. The van der Waals surface area contributed by atoms with Crippen LogP contribution >= 0.6 is 12.2 Å². The summed E-state index contributed by atoms with van der Waals surface area (Å²) in [6.07, 6.45) is 4.43. The summed E-state index contributed by atoms with van der Waals surface area (Å²) in [7, 11) is 0. The van der Waals surface area contributed by atoms with Gasteiger partial charge in [-0.3, -0.25) is 9.78 Å². The SMILES string of the molecule is CCOCCCNC(=S)N(Cc1cccnc1)Cc1cc2c(C)ccc(C)c2[nH]c1=O. The maximum Gasteiger partial charge on any atom is 0.253 e. The van der Waals surface area contributed by atoms with Gasteiger partial charge in [0, 0.05) is 49.6 Å². The summed E-state index contributed by atoms with van der Waals surface area (Å²) >= 11 is 5.68. The van der Waals surface area contributed by atoms with Gasteiger partial charge in [0.05, 0.1) is 12.1 Å². The molecule has 0 fully saturated rings. The summed E-state index contributed by atoms with van der Waals surface area (Å²) in [5, 5.41) is 4.98. The van der Waals surface area contributed by atoms with Crippen molar-refractivity contribution >= 4 is 28.2 Å². The summed E-state index contributed by atoms with van der Waals surface area (Å²) in [4.78, 5) is 22.1. The van der Waals surface area contributed by atoms with Gasteiger partial charge < -0.3 is 19.9 Å². The second-order valence-corrected chi connectivity index (χ2v) is 8.00. The lowest BCUT2D eigenvalue weighted by Crippen LogP contribution is -2.40. The highest BCUT2D eigenvalue weighted by Gasteiger charge is 2.15. The lowest BCUT2D eigenvalue weighted by Gasteiger charge is -2.26. The highest BCUT2D eigenvalue weighted by atomic mass is 32.1. The van der Waals surface area contributed by atoms with Crippen LogP contribution in [0.1, 0.15) is 35.6 Å². The number of rotatable bonds is 9. The number of nitrogens with one attached hydrogen (secondary N) is 2. The number of nitrogens with zero attached hydrogens (tertiary/aromatic N) is 2. The molecule has 3 rings (SSSR count). The third kappa shape index (κ3) is 6.12. The Bertz CT molecular complexity index is 1080. The Kier molecular flexibility index (Phi) is 8.14. The molecule has 0 saturated carbocycles. The number of hydrogen-bond acceptors (Lipinski definition) is 4. The van der Waals surface area contributed by atoms with Crippen molar-refractivity contribution in [1.29, 1.82) is 0 Å². The van der Waals surface area contributed by atoms with Crippen molar-refractivity contribution in [3.05, 3.63) is 75.3 Å². The maximum absolute atomic E-state index is 12.9. The van der Waals surface area contributed by atoms with Crippen LogP contribution in [0.2, 0.25) is 0 Å². The molecule has 164 valence electrons. The first-order chi connectivity index (χ1) is 15.0. The number of aryl methyl sites for hydroxylation is 2. The molecule has 0 aliphatic heterocycles. The molecule has 0 spiro atoms. The first-order valence-electron chi connectivity index (χ1n) is 10.6. The standard InChI is InChI=1S/C24H30N4O2S/c1-4-30-12-6-11-26-24(31)28(15-19-7-5-10-25-14-19)16-20-13-21-17(2)8-9-18(3)22(21)27-23(20)29/h5,7-10,13-14H,4,6,11-12,15-16H2,1-3H3,(H,26,31)(H,27,29). The van der Waals surface area contributed by atoms with Gasteiger partial charge in [-0.25, -0.2) is 0 Å². The Morgan fingerprint density at radius 2 is 2.03 bits per heavy atom. The molecule has 3 aromatic rings. The lowest BCUT2D eigenvalue weighted by atomic mass is 10.0. The highest BCUT2D eigenvalue weighted by Crippen LogP contribution is 2.20. The van der Waals surface area contributed by atoms with E-state index in [1.807, 2.05) is 49.2 Å². The number of aromatic amines is 1. The van der Waals surface area contributed by atoms with E-state index < -0.39 is 0 Å². The molecule has 0 unspecified atom stereocenters. The van der Waals surface area contributed by atoms with Crippen LogP contribution in [0, 0.1) is 13.8 Å². The van der Waals surface area contributed by atoms with Gasteiger partial charge >= 0.3 is 0 Å². The molecule has 2 heterocycles. The molecule has 31 heavy (non-hydrogen) atoms. The Labute approximate surface area is 188 Å². The molecule has 6 nitrogen and oxygen atoms in total. The molecule has 1 aromatic carbocycles. The van der Waals surface area contributed by atoms with Crippen LogP contribution in [0.3, 0.4) is 0 Å². The molecular formula is C24H30N4O2S. The van der Waals surface area contributed by atoms with Gasteiger partial charge in [0.25, 0.3) is 5.56 Å². The second-order valence-electron chi connectivity index (χ2n) is 7.61. The molecule has 2 N–H and O–H groups in total. The monoisotopic (exact) mass is 438 g/mol. The number of fused-ring (bicyclic) bond motifs is 1. The van der Waals surface area contributed by atoms with Crippen molar-refractivity contribution in [2.45, 2.75) is 40.3 Å². The van der Waals surface area contributed by atoms with Crippen LogP contribution in [0.15, 0.2) is 47.5 Å². The molecule has 0 aliphatic carbocycles. The van der Waals surface area contributed by atoms with Gasteiger partial charge in [0.2, 0.25) is 0 Å². The fourth-order valence-electron chi connectivity index (χ4n) is 3.48. The molecule has 0 aliphatic rings. The van der Waals surface area contributed by atoms with Crippen LogP contribution in [0.4, 0.5) is 0 Å². The van der Waals surface area contributed by atoms with Crippen LogP contribution < -0.4 is 10.9 Å². The van der Waals surface area contributed by atoms with E-state index in [0.29, 0.717) is 37.0 Å². The highest BCUT2D eigenvalue weighted by molar-refractivity contribution is 7.80. The zero-order valence-electron chi connectivity index (χ0n) is 18.4. The van der Waals surface area contributed by atoms with Crippen molar-refractivity contribution in [3.8, 4) is 0 Å². The average Bonchev–Trinajstić information content (AvgIpc) is 2.77. The molecule has 2 aromatic heterocycles. The van der Waals surface area contributed by atoms with Gasteiger partial charge in [0.1, 0.15) is 0 Å².